The second-order valence-corrected chi connectivity index (χ2v) is 5.04. The lowest BCUT2D eigenvalue weighted by Crippen LogP contribution is -2.20. The first-order valence-corrected chi connectivity index (χ1v) is 6.25. The van der Waals surface area contributed by atoms with Crippen molar-refractivity contribution in [1.82, 2.24) is 0 Å². The maximum atomic E-state index is 11.7. The molecule has 0 radical (unpaired) electrons. The molecule has 0 heterocycles. The fourth-order valence-corrected chi connectivity index (χ4v) is 2.18. The quantitative estimate of drug-likeness (QED) is 0.455. The minimum Gasteiger partial charge on any atom is -0.277 e. The number of alkyl halides is 6. The third-order valence-corrected chi connectivity index (χ3v) is 3.16. The molecule has 0 rings (SSSR count). The summed E-state index contributed by atoms with van der Waals surface area (Å²) in [7, 11) is -9.54. The molecule has 0 unspecified atom stereocenters. The average Bonchev–Trinajstić information content (AvgIpc) is 2.09. The smallest absolute Gasteiger partial charge is 0.277 e. The number of hydrogen-bond acceptors (Lipinski definition) is 6. The first kappa shape index (κ1) is 17.6. The number of thiol groups is 1. The fourth-order valence-electron chi connectivity index (χ4n) is 0.471. The molecule has 0 N–H and O–H groups in total. The van der Waals surface area contributed by atoms with Crippen LogP contribution in [0.5, 0.6) is 0 Å². The van der Waals surface area contributed by atoms with E-state index in [-0.39, 0.29) is 0 Å². The number of rotatable bonds is 6. The summed E-state index contributed by atoms with van der Waals surface area (Å²) in [5, 5.41) is 0. The van der Waals surface area contributed by atoms with Crippen LogP contribution in [0.3, 0.4) is 0 Å². The highest BCUT2D eigenvalue weighted by Gasteiger charge is 2.40. The Morgan fingerprint density at radius 2 is 1.22 bits per heavy atom. The number of phosphoric acid groups is 1. The molecule has 0 aliphatic rings. The fraction of sp³-hybridized carbons (Fsp3) is 1.00. The summed E-state index contributed by atoms with van der Waals surface area (Å²) in [5.74, 6) is 0. The lowest BCUT2D eigenvalue weighted by molar-refractivity contribution is -0.168. The van der Waals surface area contributed by atoms with Crippen molar-refractivity contribution in [1.29, 1.82) is 0 Å². The van der Waals surface area contributed by atoms with Crippen molar-refractivity contribution in [2.24, 2.45) is 0 Å². The van der Waals surface area contributed by atoms with Gasteiger partial charge >= 0.3 is 20.2 Å². The van der Waals surface area contributed by atoms with E-state index in [1.165, 1.54) is 0 Å². The summed E-state index contributed by atoms with van der Waals surface area (Å²) in [6.07, 6.45) is -10.1. The molecule has 0 spiro atoms. The SMILES string of the molecule is O=[SH](=O)OP(=O)(OCC(F)(F)F)OCC(F)(F)F. The van der Waals surface area contributed by atoms with Crippen LogP contribution in [0, 0.1) is 0 Å². The van der Waals surface area contributed by atoms with E-state index < -0.39 is 44.4 Å². The van der Waals surface area contributed by atoms with Crippen molar-refractivity contribution in [2.75, 3.05) is 13.2 Å². The second kappa shape index (κ2) is 6.19. The Bertz CT molecular complexity index is 357. The molecule has 0 aromatic carbocycles. The zero-order valence-electron chi connectivity index (χ0n) is 8.03. The van der Waals surface area contributed by atoms with Gasteiger partial charge in [0.2, 0.25) is 0 Å². The Labute approximate surface area is 97.6 Å². The van der Waals surface area contributed by atoms with Crippen molar-refractivity contribution < 1.29 is 52.3 Å². The van der Waals surface area contributed by atoms with Gasteiger partial charge in [0, 0.05) is 0 Å². The summed E-state index contributed by atoms with van der Waals surface area (Å²) >= 11 is 0. The molecule has 110 valence electrons. The number of halogens is 6. The van der Waals surface area contributed by atoms with Crippen LogP contribution < -0.4 is 0 Å². The minimum atomic E-state index is -5.50. The zero-order valence-corrected chi connectivity index (χ0v) is 9.81. The van der Waals surface area contributed by atoms with Gasteiger partial charge in [-0.1, -0.05) is 0 Å². The van der Waals surface area contributed by atoms with E-state index in [1.54, 1.807) is 0 Å². The highest BCUT2D eigenvalue weighted by atomic mass is 32.2. The van der Waals surface area contributed by atoms with Crippen LogP contribution in [0.4, 0.5) is 26.3 Å². The molecular weight excluding hydrogens is 321 g/mol. The standard InChI is InChI=1S/C4H5F6O6PS/c5-3(6,7)1-14-17(11,16-18(12)13)15-2-4(8,9)10/h18H,1-2H2. The molecule has 0 fully saturated rings. The highest BCUT2D eigenvalue weighted by molar-refractivity contribution is 7.74. The average molecular weight is 326 g/mol. The van der Waals surface area contributed by atoms with Crippen LogP contribution in [-0.2, 0) is 28.6 Å². The van der Waals surface area contributed by atoms with Gasteiger partial charge in [-0.3, -0.25) is 9.05 Å². The van der Waals surface area contributed by atoms with Crippen LogP contribution in [0.15, 0.2) is 0 Å². The van der Waals surface area contributed by atoms with Gasteiger partial charge in [0.25, 0.3) is 11.0 Å². The molecular formula is C4H5F6O6PS. The molecule has 6 nitrogen and oxygen atoms in total. The van der Waals surface area contributed by atoms with Crippen LogP contribution in [0.25, 0.3) is 0 Å². The van der Waals surface area contributed by atoms with Crippen molar-refractivity contribution in [2.45, 2.75) is 12.4 Å². The normalized spacial score (nSPS) is 14.2. The van der Waals surface area contributed by atoms with Gasteiger partial charge in [0.1, 0.15) is 0 Å². The van der Waals surface area contributed by atoms with Gasteiger partial charge in [-0.15, -0.1) is 0 Å². The summed E-state index contributed by atoms with van der Waals surface area (Å²) in [4.78, 5) is 0. The monoisotopic (exact) mass is 326 g/mol. The van der Waals surface area contributed by atoms with Gasteiger partial charge < -0.3 is 0 Å². The molecule has 18 heavy (non-hydrogen) atoms. The lowest BCUT2D eigenvalue weighted by Gasteiger charge is -2.16. The Hall–Kier alpha value is -0.360. The lowest BCUT2D eigenvalue weighted by atomic mass is 10.7. The molecule has 0 saturated heterocycles. The zero-order chi connectivity index (χ0) is 14.6. The van der Waals surface area contributed by atoms with Gasteiger partial charge in [0.15, 0.2) is 13.2 Å². The predicted molar refractivity (Wildman–Crippen MR) is 43.0 cm³/mol. The maximum Gasteiger partial charge on any atom is 0.490 e. The van der Waals surface area contributed by atoms with Crippen LogP contribution in [0.1, 0.15) is 0 Å². The van der Waals surface area contributed by atoms with E-state index in [1.807, 2.05) is 0 Å². The summed E-state index contributed by atoms with van der Waals surface area (Å²) in [5.41, 5.74) is 0. The summed E-state index contributed by atoms with van der Waals surface area (Å²) in [6.45, 7) is -4.60. The number of phosphoric ester groups is 1. The Morgan fingerprint density at radius 1 is 0.889 bits per heavy atom. The Kier molecular flexibility index (Phi) is 6.07. The maximum absolute atomic E-state index is 11.7. The first-order chi connectivity index (χ1) is 7.83. The van der Waals surface area contributed by atoms with Gasteiger partial charge in [-0.05, 0) is 0 Å². The summed E-state index contributed by atoms with van der Waals surface area (Å²) in [6, 6.07) is 0. The van der Waals surface area contributed by atoms with Gasteiger partial charge in [-0.2, -0.15) is 30.3 Å². The molecule has 0 aromatic heterocycles. The Balaban J connectivity index is 4.68. The van der Waals surface area contributed by atoms with Crippen molar-refractivity contribution in [3.8, 4) is 0 Å². The second-order valence-electron chi connectivity index (χ2n) is 2.53. The third kappa shape index (κ3) is 9.65. The minimum absolute atomic E-state index is 2.30. The van der Waals surface area contributed by atoms with E-state index in [9.17, 15) is 39.3 Å². The molecule has 0 aromatic rings. The Morgan fingerprint density at radius 3 is 1.44 bits per heavy atom. The van der Waals surface area contributed by atoms with Gasteiger partial charge in [-0.25, -0.2) is 13.0 Å². The number of hydrogen-bond donors (Lipinski definition) is 1. The van der Waals surface area contributed by atoms with E-state index >= 15 is 0 Å². The molecule has 14 heteroatoms. The van der Waals surface area contributed by atoms with Crippen LogP contribution in [-0.4, -0.2) is 34.0 Å². The molecule has 0 bridgehead atoms. The molecule has 0 amide bonds. The van der Waals surface area contributed by atoms with E-state index in [4.69, 9.17) is 0 Å². The van der Waals surface area contributed by atoms with E-state index in [0.717, 1.165) is 0 Å². The largest absolute Gasteiger partial charge is 0.490 e. The molecule has 0 aliphatic carbocycles. The van der Waals surface area contributed by atoms with E-state index in [2.05, 4.69) is 13.0 Å². The van der Waals surface area contributed by atoms with Crippen molar-refractivity contribution >= 4 is 18.8 Å². The van der Waals surface area contributed by atoms with Gasteiger partial charge in [0.05, 0.1) is 0 Å². The van der Waals surface area contributed by atoms with Crippen LogP contribution >= 0.6 is 7.82 Å². The van der Waals surface area contributed by atoms with Crippen molar-refractivity contribution in [3.63, 3.8) is 0 Å². The molecule has 0 aliphatic heterocycles. The first-order valence-electron chi connectivity index (χ1n) is 3.70. The topological polar surface area (TPSA) is 78.9 Å². The predicted octanol–water partition coefficient (Wildman–Crippen LogP) is 1.80. The molecule has 0 atom stereocenters. The molecule has 0 saturated carbocycles. The summed E-state index contributed by atoms with van der Waals surface area (Å²) < 4.78 is 111. The highest BCUT2D eigenvalue weighted by Crippen LogP contribution is 2.51. The third-order valence-electron chi connectivity index (χ3n) is 0.939. The van der Waals surface area contributed by atoms with E-state index in [0.29, 0.717) is 0 Å². The van der Waals surface area contributed by atoms with Crippen LogP contribution in [0.2, 0.25) is 0 Å². The van der Waals surface area contributed by atoms with Crippen molar-refractivity contribution in [3.05, 3.63) is 0 Å².